The summed E-state index contributed by atoms with van der Waals surface area (Å²) in [6.07, 6.45) is 2.91. The van der Waals surface area contributed by atoms with Crippen LogP contribution in [0, 0.1) is 11.7 Å². The van der Waals surface area contributed by atoms with Crippen molar-refractivity contribution in [2.75, 3.05) is 20.1 Å². The van der Waals surface area contributed by atoms with Crippen molar-refractivity contribution in [2.45, 2.75) is 32.2 Å². The number of hydrogen-bond acceptors (Lipinski definition) is 2. The third-order valence-electron chi connectivity index (χ3n) is 3.73. The standard InChI is InChI=1S/C16H23FN2O.ClH/c1-12(11-18-2)16(20)19(15-6-7-15)9-8-13-4-3-5-14(17)10-13;/h3-5,10,12,15,18H,6-9,11H2,1-2H3;1H. The molecule has 1 aliphatic rings. The number of nitrogens with one attached hydrogen (secondary N) is 1. The van der Waals surface area contributed by atoms with E-state index in [-0.39, 0.29) is 30.0 Å². The van der Waals surface area contributed by atoms with Gasteiger partial charge in [0.25, 0.3) is 0 Å². The van der Waals surface area contributed by atoms with E-state index < -0.39 is 0 Å². The molecule has 1 saturated carbocycles. The first-order valence-corrected chi connectivity index (χ1v) is 7.31. The average Bonchev–Trinajstić information content (AvgIpc) is 3.24. The predicted molar refractivity (Wildman–Crippen MR) is 85.2 cm³/mol. The maximum absolute atomic E-state index is 13.2. The number of amides is 1. The lowest BCUT2D eigenvalue weighted by molar-refractivity contribution is -0.135. The fourth-order valence-corrected chi connectivity index (χ4v) is 2.48. The normalized spacial score (nSPS) is 15.2. The zero-order chi connectivity index (χ0) is 14.5. The van der Waals surface area contributed by atoms with Gasteiger partial charge in [0.05, 0.1) is 0 Å². The Kier molecular flexibility index (Phi) is 7.12. The SMILES string of the molecule is CNCC(C)C(=O)N(CCc1cccc(F)c1)C1CC1.Cl. The Morgan fingerprint density at radius 3 is 2.76 bits per heavy atom. The number of hydrogen-bond donors (Lipinski definition) is 1. The fourth-order valence-electron chi connectivity index (χ4n) is 2.48. The fraction of sp³-hybridized carbons (Fsp3) is 0.562. The summed E-state index contributed by atoms with van der Waals surface area (Å²) < 4.78 is 13.2. The molecule has 2 rings (SSSR count). The first-order valence-electron chi connectivity index (χ1n) is 7.31. The average molecular weight is 315 g/mol. The van der Waals surface area contributed by atoms with Gasteiger partial charge < -0.3 is 10.2 Å². The summed E-state index contributed by atoms with van der Waals surface area (Å²) in [5.41, 5.74) is 0.949. The molecule has 1 atom stereocenters. The molecule has 1 N–H and O–H groups in total. The molecule has 1 unspecified atom stereocenters. The van der Waals surface area contributed by atoms with E-state index in [0.717, 1.165) is 18.4 Å². The lowest BCUT2D eigenvalue weighted by atomic mass is 10.1. The Labute approximate surface area is 132 Å². The van der Waals surface area contributed by atoms with E-state index in [0.29, 0.717) is 25.6 Å². The van der Waals surface area contributed by atoms with Crippen molar-refractivity contribution >= 4 is 18.3 Å². The van der Waals surface area contributed by atoms with Gasteiger partial charge in [0.2, 0.25) is 5.91 Å². The summed E-state index contributed by atoms with van der Waals surface area (Å²) in [6, 6.07) is 7.03. The maximum atomic E-state index is 13.2. The molecule has 0 spiro atoms. The molecule has 1 fully saturated rings. The zero-order valence-electron chi connectivity index (χ0n) is 12.6. The number of carbonyl (C=O) groups is 1. The van der Waals surface area contributed by atoms with Crippen molar-refractivity contribution in [2.24, 2.45) is 5.92 Å². The lowest BCUT2D eigenvalue weighted by Gasteiger charge is -2.26. The minimum atomic E-state index is -0.213. The Morgan fingerprint density at radius 1 is 1.48 bits per heavy atom. The maximum Gasteiger partial charge on any atom is 0.226 e. The first kappa shape index (κ1) is 17.9. The van der Waals surface area contributed by atoms with Gasteiger partial charge in [0.1, 0.15) is 5.82 Å². The van der Waals surface area contributed by atoms with Crippen molar-refractivity contribution in [3.8, 4) is 0 Å². The van der Waals surface area contributed by atoms with E-state index in [1.165, 1.54) is 6.07 Å². The lowest BCUT2D eigenvalue weighted by Crippen LogP contribution is -2.41. The summed E-state index contributed by atoms with van der Waals surface area (Å²) >= 11 is 0. The van der Waals surface area contributed by atoms with Crippen molar-refractivity contribution in [3.05, 3.63) is 35.6 Å². The second-order valence-corrected chi connectivity index (χ2v) is 5.60. The van der Waals surface area contributed by atoms with Crippen molar-refractivity contribution in [1.29, 1.82) is 0 Å². The molecule has 0 aliphatic heterocycles. The van der Waals surface area contributed by atoms with Crippen LogP contribution in [0.25, 0.3) is 0 Å². The number of benzene rings is 1. The molecule has 0 radical (unpaired) electrons. The van der Waals surface area contributed by atoms with Crippen LogP contribution in [0.1, 0.15) is 25.3 Å². The number of halogens is 2. The van der Waals surface area contributed by atoms with Crippen LogP contribution >= 0.6 is 12.4 Å². The summed E-state index contributed by atoms with van der Waals surface area (Å²) in [4.78, 5) is 14.4. The van der Waals surface area contributed by atoms with Gasteiger partial charge in [-0.2, -0.15) is 0 Å². The Bertz CT molecular complexity index is 465. The molecule has 0 saturated heterocycles. The molecule has 118 valence electrons. The summed E-state index contributed by atoms with van der Waals surface area (Å²) in [5, 5.41) is 3.05. The van der Waals surface area contributed by atoms with Gasteiger partial charge in [0, 0.05) is 25.0 Å². The minimum Gasteiger partial charge on any atom is -0.339 e. The Balaban J connectivity index is 0.00000220. The van der Waals surface area contributed by atoms with Gasteiger partial charge in [0.15, 0.2) is 0 Å². The van der Waals surface area contributed by atoms with E-state index in [4.69, 9.17) is 0 Å². The second-order valence-electron chi connectivity index (χ2n) is 5.60. The van der Waals surface area contributed by atoms with E-state index in [2.05, 4.69) is 5.32 Å². The van der Waals surface area contributed by atoms with Crippen molar-refractivity contribution < 1.29 is 9.18 Å². The van der Waals surface area contributed by atoms with Crippen LogP contribution in [0.5, 0.6) is 0 Å². The van der Waals surface area contributed by atoms with Crippen LogP contribution in [0.3, 0.4) is 0 Å². The summed E-state index contributed by atoms with van der Waals surface area (Å²) in [6.45, 7) is 3.33. The van der Waals surface area contributed by atoms with Crippen LogP contribution in [0.4, 0.5) is 4.39 Å². The van der Waals surface area contributed by atoms with Crippen molar-refractivity contribution in [3.63, 3.8) is 0 Å². The van der Waals surface area contributed by atoms with Crippen LogP contribution in [0.2, 0.25) is 0 Å². The molecule has 1 amide bonds. The van der Waals surface area contributed by atoms with Gasteiger partial charge in [-0.25, -0.2) is 4.39 Å². The Hall–Kier alpha value is -1.13. The third-order valence-corrected chi connectivity index (χ3v) is 3.73. The molecule has 21 heavy (non-hydrogen) atoms. The van der Waals surface area contributed by atoms with E-state index >= 15 is 0 Å². The Morgan fingerprint density at radius 2 is 2.19 bits per heavy atom. The van der Waals surface area contributed by atoms with Crippen LogP contribution in [0.15, 0.2) is 24.3 Å². The molecule has 0 aromatic heterocycles. The van der Waals surface area contributed by atoms with Crippen LogP contribution in [-0.2, 0) is 11.2 Å². The van der Waals surface area contributed by atoms with E-state index in [1.54, 1.807) is 12.1 Å². The molecule has 0 bridgehead atoms. The molecule has 5 heteroatoms. The zero-order valence-corrected chi connectivity index (χ0v) is 13.5. The molecular formula is C16H24ClFN2O. The van der Waals surface area contributed by atoms with Gasteiger partial charge in [-0.05, 0) is 44.0 Å². The topological polar surface area (TPSA) is 32.3 Å². The second kappa shape index (κ2) is 8.35. The molecular weight excluding hydrogens is 291 g/mol. The highest BCUT2D eigenvalue weighted by molar-refractivity contribution is 5.85. The predicted octanol–water partition coefficient (Wildman–Crippen LogP) is 2.64. The third kappa shape index (κ3) is 5.29. The molecule has 3 nitrogen and oxygen atoms in total. The van der Waals surface area contributed by atoms with Crippen molar-refractivity contribution in [1.82, 2.24) is 10.2 Å². The molecule has 0 heterocycles. The van der Waals surface area contributed by atoms with Gasteiger partial charge >= 0.3 is 0 Å². The number of rotatable bonds is 7. The summed E-state index contributed by atoms with van der Waals surface area (Å²) in [5.74, 6) is -0.0123. The highest BCUT2D eigenvalue weighted by Crippen LogP contribution is 2.28. The number of nitrogens with zero attached hydrogens (tertiary/aromatic N) is 1. The quantitative estimate of drug-likeness (QED) is 0.839. The molecule has 1 aromatic carbocycles. The van der Waals surface area contributed by atoms with E-state index in [9.17, 15) is 9.18 Å². The molecule has 1 aromatic rings. The number of carbonyl (C=O) groups excluding carboxylic acids is 1. The monoisotopic (exact) mass is 314 g/mol. The van der Waals surface area contributed by atoms with Gasteiger partial charge in [-0.3, -0.25) is 4.79 Å². The van der Waals surface area contributed by atoms with E-state index in [1.807, 2.05) is 24.9 Å². The van der Waals surface area contributed by atoms with Gasteiger partial charge in [-0.15, -0.1) is 12.4 Å². The largest absolute Gasteiger partial charge is 0.339 e. The van der Waals surface area contributed by atoms with Crippen LogP contribution < -0.4 is 5.32 Å². The minimum absolute atomic E-state index is 0. The smallest absolute Gasteiger partial charge is 0.226 e. The van der Waals surface area contributed by atoms with Gasteiger partial charge in [-0.1, -0.05) is 19.1 Å². The van der Waals surface area contributed by atoms with Crippen LogP contribution in [-0.4, -0.2) is 37.0 Å². The first-order chi connectivity index (χ1) is 9.61. The highest BCUT2D eigenvalue weighted by atomic mass is 35.5. The molecule has 1 aliphatic carbocycles. The highest BCUT2D eigenvalue weighted by Gasteiger charge is 2.33. The summed E-state index contributed by atoms with van der Waals surface area (Å²) in [7, 11) is 1.86.